The number of hydrogen-bond donors (Lipinski definition) is 2. The molecule has 0 aliphatic heterocycles. The lowest BCUT2D eigenvalue weighted by atomic mass is 10.1. The van der Waals surface area contributed by atoms with E-state index in [1.54, 1.807) is 18.3 Å². The minimum atomic E-state index is -0.951. The summed E-state index contributed by atoms with van der Waals surface area (Å²) in [6.07, 6.45) is 2.47. The van der Waals surface area contributed by atoms with Gasteiger partial charge in [-0.25, -0.2) is 9.78 Å². The molecule has 0 aliphatic carbocycles. The molecule has 0 spiro atoms. The molecule has 0 unspecified atom stereocenters. The van der Waals surface area contributed by atoms with E-state index in [-0.39, 0.29) is 5.56 Å². The summed E-state index contributed by atoms with van der Waals surface area (Å²) in [6, 6.07) is 5.25. The van der Waals surface area contributed by atoms with Crippen LogP contribution < -0.4 is 5.32 Å². The molecular weight excluding hydrogens is 244 g/mol. The standard InChI is InChI=1S/C14H16N2O3/c1-3-10-7-16-13(19-10)8-15-12-5-4-9(2)6-11(12)14(17)18/h4-7,15H,3,8H2,1-2H3,(H,17,18). The Morgan fingerprint density at radius 1 is 1.47 bits per heavy atom. The van der Waals surface area contributed by atoms with Crippen LogP contribution in [0, 0.1) is 6.92 Å². The number of rotatable bonds is 5. The molecule has 0 saturated heterocycles. The van der Waals surface area contributed by atoms with Crippen molar-refractivity contribution in [3.8, 4) is 0 Å². The third kappa shape index (κ3) is 3.13. The topological polar surface area (TPSA) is 75.4 Å². The van der Waals surface area contributed by atoms with Gasteiger partial charge in [0.25, 0.3) is 0 Å². The molecule has 0 amide bonds. The van der Waals surface area contributed by atoms with Crippen LogP contribution in [0.3, 0.4) is 0 Å². The van der Waals surface area contributed by atoms with E-state index in [4.69, 9.17) is 9.52 Å². The average molecular weight is 260 g/mol. The highest BCUT2D eigenvalue weighted by Crippen LogP contribution is 2.18. The van der Waals surface area contributed by atoms with Crippen molar-refractivity contribution >= 4 is 11.7 Å². The maximum atomic E-state index is 11.2. The number of aryl methyl sites for hydroxylation is 2. The second-order valence-electron chi connectivity index (χ2n) is 4.28. The van der Waals surface area contributed by atoms with Crippen molar-refractivity contribution in [2.24, 2.45) is 0 Å². The Bertz CT molecular complexity index is 590. The Balaban J connectivity index is 2.12. The number of aromatic carboxylic acids is 1. The second-order valence-corrected chi connectivity index (χ2v) is 4.28. The van der Waals surface area contributed by atoms with Gasteiger partial charge >= 0.3 is 5.97 Å². The summed E-state index contributed by atoms with van der Waals surface area (Å²) in [4.78, 5) is 15.3. The fourth-order valence-electron chi connectivity index (χ4n) is 1.75. The first-order valence-electron chi connectivity index (χ1n) is 6.11. The number of carboxylic acids is 1. The minimum Gasteiger partial charge on any atom is -0.478 e. The van der Waals surface area contributed by atoms with Gasteiger partial charge in [-0.1, -0.05) is 18.6 Å². The van der Waals surface area contributed by atoms with Gasteiger partial charge in [0.15, 0.2) is 0 Å². The van der Waals surface area contributed by atoms with E-state index in [0.29, 0.717) is 18.1 Å². The molecule has 5 heteroatoms. The van der Waals surface area contributed by atoms with Crippen molar-refractivity contribution in [1.29, 1.82) is 0 Å². The van der Waals surface area contributed by atoms with E-state index in [1.807, 2.05) is 19.9 Å². The molecular formula is C14H16N2O3. The largest absolute Gasteiger partial charge is 0.478 e. The molecule has 0 saturated carbocycles. The Morgan fingerprint density at radius 3 is 2.89 bits per heavy atom. The molecule has 0 atom stereocenters. The molecule has 2 rings (SSSR count). The first kappa shape index (κ1) is 13.1. The second kappa shape index (κ2) is 5.56. The van der Waals surface area contributed by atoms with Gasteiger partial charge in [0.05, 0.1) is 18.3 Å². The van der Waals surface area contributed by atoms with E-state index in [9.17, 15) is 4.79 Å². The van der Waals surface area contributed by atoms with Crippen LogP contribution in [0.1, 0.15) is 34.5 Å². The smallest absolute Gasteiger partial charge is 0.337 e. The van der Waals surface area contributed by atoms with Crippen molar-refractivity contribution in [3.63, 3.8) is 0 Å². The molecule has 0 radical (unpaired) electrons. The summed E-state index contributed by atoms with van der Waals surface area (Å²) in [7, 11) is 0. The lowest BCUT2D eigenvalue weighted by molar-refractivity contribution is 0.0697. The molecule has 1 aromatic carbocycles. The fourth-order valence-corrected chi connectivity index (χ4v) is 1.75. The van der Waals surface area contributed by atoms with Crippen LogP contribution in [0.5, 0.6) is 0 Å². The van der Waals surface area contributed by atoms with Gasteiger partial charge < -0.3 is 14.8 Å². The van der Waals surface area contributed by atoms with Gasteiger partial charge in [0.1, 0.15) is 5.76 Å². The van der Waals surface area contributed by atoms with Crippen molar-refractivity contribution in [2.75, 3.05) is 5.32 Å². The minimum absolute atomic E-state index is 0.252. The van der Waals surface area contributed by atoms with E-state index in [1.165, 1.54) is 0 Å². The molecule has 0 aliphatic rings. The molecule has 19 heavy (non-hydrogen) atoms. The van der Waals surface area contributed by atoms with Crippen LogP contribution in [0.4, 0.5) is 5.69 Å². The summed E-state index contributed by atoms with van der Waals surface area (Å²) in [5, 5.41) is 12.2. The Morgan fingerprint density at radius 2 is 2.26 bits per heavy atom. The fraction of sp³-hybridized carbons (Fsp3) is 0.286. The van der Waals surface area contributed by atoms with Gasteiger partial charge in [-0.15, -0.1) is 0 Å². The van der Waals surface area contributed by atoms with Gasteiger partial charge in [-0.05, 0) is 19.1 Å². The lowest BCUT2D eigenvalue weighted by Crippen LogP contribution is -2.06. The Hall–Kier alpha value is -2.30. The van der Waals surface area contributed by atoms with Crippen LogP contribution in [-0.2, 0) is 13.0 Å². The van der Waals surface area contributed by atoms with Crippen LogP contribution >= 0.6 is 0 Å². The number of nitrogens with one attached hydrogen (secondary N) is 1. The Labute approximate surface area is 111 Å². The molecule has 2 N–H and O–H groups in total. The maximum absolute atomic E-state index is 11.2. The van der Waals surface area contributed by atoms with Crippen LogP contribution in [-0.4, -0.2) is 16.1 Å². The molecule has 1 heterocycles. The highest BCUT2D eigenvalue weighted by atomic mass is 16.4. The monoisotopic (exact) mass is 260 g/mol. The van der Waals surface area contributed by atoms with Crippen LogP contribution in [0.15, 0.2) is 28.8 Å². The first-order chi connectivity index (χ1) is 9.10. The van der Waals surface area contributed by atoms with Crippen LogP contribution in [0.25, 0.3) is 0 Å². The normalized spacial score (nSPS) is 10.4. The number of aromatic nitrogens is 1. The number of hydrogen-bond acceptors (Lipinski definition) is 4. The number of anilines is 1. The summed E-state index contributed by atoms with van der Waals surface area (Å²) in [5.41, 5.74) is 1.73. The number of nitrogens with zero attached hydrogens (tertiary/aromatic N) is 1. The van der Waals surface area contributed by atoms with Crippen LogP contribution in [0.2, 0.25) is 0 Å². The molecule has 0 fully saturated rings. The summed E-state index contributed by atoms with van der Waals surface area (Å²) < 4.78 is 5.46. The molecule has 100 valence electrons. The SMILES string of the molecule is CCc1cnc(CNc2ccc(C)cc2C(=O)O)o1. The van der Waals surface area contributed by atoms with E-state index < -0.39 is 5.97 Å². The maximum Gasteiger partial charge on any atom is 0.337 e. The Kier molecular flexibility index (Phi) is 3.85. The van der Waals surface area contributed by atoms with Crippen molar-refractivity contribution < 1.29 is 14.3 Å². The molecule has 1 aromatic heterocycles. The van der Waals surface area contributed by atoms with E-state index in [0.717, 1.165) is 17.7 Å². The summed E-state index contributed by atoms with van der Waals surface area (Å²) in [5.74, 6) is 0.417. The van der Waals surface area contributed by atoms with Crippen molar-refractivity contribution in [3.05, 3.63) is 47.2 Å². The summed E-state index contributed by atoms with van der Waals surface area (Å²) >= 11 is 0. The highest BCUT2D eigenvalue weighted by Gasteiger charge is 2.11. The quantitative estimate of drug-likeness (QED) is 0.864. The molecule has 5 nitrogen and oxygen atoms in total. The highest BCUT2D eigenvalue weighted by molar-refractivity contribution is 5.94. The van der Waals surface area contributed by atoms with Gasteiger partial charge in [0.2, 0.25) is 5.89 Å². The predicted octanol–water partition coefficient (Wildman–Crippen LogP) is 2.86. The predicted molar refractivity (Wildman–Crippen MR) is 71.3 cm³/mol. The zero-order chi connectivity index (χ0) is 13.8. The first-order valence-corrected chi connectivity index (χ1v) is 6.11. The lowest BCUT2D eigenvalue weighted by Gasteiger charge is -2.08. The third-order valence-corrected chi connectivity index (χ3v) is 2.79. The summed E-state index contributed by atoms with van der Waals surface area (Å²) in [6.45, 7) is 4.21. The number of carboxylic acid groups (broad SMARTS) is 1. The number of oxazole rings is 1. The number of carbonyl (C=O) groups is 1. The van der Waals surface area contributed by atoms with Gasteiger partial charge in [-0.2, -0.15) is 0 Å². The zero-order valence-electron chi connectivity index (χ0n) is 10.9. The van der Waals surface area contributed by atoms with Crippen molar-refractivity contribution in [2.45, 2.75) is 26.8 Å². The molecule has 2 aromatic rings. The number of benzene rings is 1. The van der Waals surface area contributed by atoms with Gasteiger partial charge in [-0.3, -0.25) is 0 Å². The van der Waals surface area contributed by atoms with E-state index >= 15 is 0 Å². The third-order valence-electron chi connectivity index (χ3n) is 2.79. The zero-order valence-corrected chi connectivity index (χ0v) is 10.9. The van der Waals surface area contributed by atoms with E-state index in [2.05, 4.69) is 10.3 Å². The molecule has 0 bridgehead atoms. The van der Waals surface area contributed by atoms with Crippen molar-refractivity contribution in [1.82, 2.24) is 4.98 Å². The van der Waals surface area contributed by atoms with Gasteiger partial charge in [0, 0.05) is 12.1 Å². The average Bonchev–Trinajstić information content (AvgIpc) is 2.85.